The van der Waals surface area contributed by atoms with Crippen LogP contribution in [0.3, 0.4) is 0 Å². The Labute approximate surface area is 178 Å². The van der Waals surface area contributed by atoms with Crippen LogP contribution in [0.2, 0.25) is 0 Å². The molecule has 1 heterocycles. The maximum absolute atomic E-state index is 12.7. The van der Waals surface area contributed by atoms with Crippen molar-refractivity contribution in [3.63, 3.8) is 0 Å². The van der Waals surface area contributed by atoms with E-state index in [4.69, 9.17) is 10.1 Å². The van der Waals surface area contributed by atoms with Gasteiger partial charge in [-0.05, 0) is 70.2 Å². The van der Waals surface area contributed by atoms with Crippen LogP contribution in [0.15, 0.2) is 24.3 Å². The van der Waals surface area contributed by atoms with Gasteiger partial charge in [-0.25, -0.2) is 4.79 Å². The number of likely N-dealkylation sites (tertiary alicyclic amines) is 1. The van der Waals surface area contributed by atoms with Gasteiger partial charge >= 0.3 is 11.9 Å². The molecule has 0 unspecified atom stereocenters. The number of rotatable bonds is 6. The van der Waals surface area contributed by atoms with Crippen LogP contribution in [-0.2, 0) is 14.3 Å². The average molecular weight is 417 g/mol. The van der Waals surface area contributed by atoms with Crippen molar-refractivity contribution >= 4 is 23.6 Å². The highest BCUT2D eigenvalue weighted by Crippen LogP contribution is 2.24. The highest BCUT2D eigenvalue weighted by Gasteiger charge is 2.29. The molecule has 164 valence electrons. The van der Waals surface area contributed by atoms with E-state index in [0.29, 0.717) is 49.2 Å². The van der Waals surface area contributed by atoms with Gasteiger partial charge in [-0.1, -0.05) is 6.92 Å². The minimum Gasteiger partial charge on any atom is -0.465 e. The lowest BCUT2D eigenvalue weighted by molar-refractivity contribution is -0.159. The van der Waals surface area contributed by atoms with E-state index in [1.165, 1.54) is 7.11 Å². The van der Waals surface area contributed by atoms with Crippen molar-refractivity contribution in [3.05, 3.63) is 35.4 Å². The van der Waals surface area contributed by atoms with E-state index in [-0.39, 0.29) is 23.7 Å². The SMILES string of the molecule is COC(=O)c1ccc(C(=O)N2CCC(C(=N)C[C@@H](C)C(=O)OC(C)(C)C)CC2)cc1. The van der Waals surface area contributed by atoms with E-state index >= 15 is 0 Å². The number of hydrogen-bond donors (Lipinski definition) is 1. The van der Waals surface area contributed by atoms with Gasteiger partial charge < -0.3 is 19.8 Å². The van der Waals surface area contributed by atoms with E-state index in [1.807, 2.05) is 20.8 Å². The van der Waals surface area contributed by atoms with Crippen molar-refractivity contribution in [2.75, 3.05) is 20.2 Å². The number of carbonyl (C=O) groups is 3. The zero-order chi connectivity index (χ0) is 22.5. The molecule has 1 amide bonds. The van der Waals surface area contributed by atoms with Gasteiger partial charge in [-0.15, -0.1) is 0 Å². The molecule has 1 aromatic rings. The summed E-state index contributed by atoms with van der Waals surface area (Å²) in [5.74, 6) is -1.09. The third kappa shape index (κ3) is 6.40. The highest BCUT2D eigenvalue weighted by molar-refractivity contribution is 5.96. The summed E-state index contributed by atoms with van der Waals surface area (Å²) in [4.78, 5) is 38.2. The third-order valence-corrected chi connectivity index (χ3v) is 5.16. The minimum atomic E-state index is -0.533. The van der Waals surface area contributed by atoms with Crippen LogP contribution in [0.4, 0.5) is 0 Å². The summed E-state index contributed by atoms with van der Waals surface area (Å²) in [7, 11) is 1.32. The Balaban J connectivity index is 1.86. The fourth-order valence-electron chi connectivity index (χ4n) is 3.46. The van der Waals surface area contributed by atoms with Crippen LogP contribution in [0.5, 0.6) is 0 Å². The molecule has 1 fully saturated rings. The largest absolute Gasteiger partial charge is 0.465 e. The number of methoxy groups -OCH3 is 1. The van der Waals surface area contributed by atoms with Gasteiger partial charge in [0.2, 0.25) is 0 Å². The molecular weight excluding hydrogens is 384 g/mol. The van der Waals surface area contributed by atoms with Gasteiger partial charge in [0, 0.05) is 24.4 Å². The molecule has 0 aromatic heterocycles. The molecular formula is C23H32N2O5. The molecule has 7 nitrogen and oxygen atoms in total. The van der Waals surface area contributed by atoms with Gasteiger partial charge in [0.15, 0.2) is 0 Å². The van der Waals surface area contributed by atoms with Gasteiger partial charge in [-0.2, -0.15) is 0 Å². The van der Waals surface area contributed by atoms with E-state index < -0.39 is 11.6 Å². The third-order valence-electron chi connectivity index (χ3n) is 5.16. The normalized spacial score (nSPS) is 16.0. The van der Waals surface area contributed by atoms with Crippen LogP contribution in [0, 0.1) is 17.2 Å². The Hall–Kier alpha value is -2.70. The molecule has 1 aliphatic heterocycles. The summed E-state index contributed by atoms with van der Waals surface area (Å²) in [6, 6.07) is 6.43. The smallest absolute Gasteiger partial charge is 0.337 e. The molecule has 0 aliphatic carbocycles. The Morgan fingerprint density at radius 1 is 1.10 bits per heavy atom. The maximum atomic E-state index is 12.7. The van der Waals surface area contributed by atoms with Crippen molar-refractivity contribution in [1.82, 2.24) is 4.90 Å². The molecule has 1 N–H and O–H groups in total. The van der Waals surface area contributed by atoms with E-state index in [0.717, 1.165) is 0 Å². The molecule has 7 heteroatoms. The molecule has 1 aromatic carbocycles. The molecule has 0 radical (unpaired) electrons. The Morgan fingerprint density at radius 3 is 2.13 bits per heavy atom. The molecule has 1 saturated heterocycles. The number of esters is 2. The number of ether oxygens (including phenoxy) is 2. The fraction of sp³-hybridized carbons (Fsp3) is 0.565. The van der Waals surface area contributed by atoms with Crippen LogP contribution in [-0.4, -0.2) is 54.3 Å². The summed E-state index contributed by atoms with van der Waals surface area (Å²) in [6.45, 7) is 8.41. The summed E-state index contributed by atoms with van der Waals surface area (Å²) in [5, 5.41) is 8.40. The van der Waals surface area contributed by atoms with E-state index in [1.54, 1.807) is 36.1 Å². The number of amides is 1. The van der Waals surface area contributed by atoms with Crippen molar-refractivity contribution in [1.29, 1.82) is 5.41 Å². The van der Waals surface area contributed by atoms with Gasteiger partial charge in [0.1, 0.15) is 5.60 Å². The fourth-order valence-corrected chi connectivity index (χ4v) is 3.46. The summed E-state index contributed by atoms with van der Waals surface area (Å²) >= 11 is 0. The van der Waals surface area contributed by atoms with Crippen LogP contribution in [0.1, 0.15) is 67.7 Å². The predicted octanol–water partition coefficient (Wildman–Crippen LogP) is 3.71. The molecule has 1 atom stereocenters. The molecule has 30 heavy (non-hydrogen) atoms. The number of benzene rings is 1. The summed E-state index contributed by atoms with van der Waals surface area (Å²) < 4.78 is 10.1. The zero-order valence-electron chi connectivity index (χ0n) is 18.5. The Kier molecular flexibility index (Phi) is 7.76. The van der Waals surface area contributed by atoms with Crippen LogP contribution in [0.25, 0.3) is 0 Å². The first-order chi connectivity index (χ1) is 14.0. The zero-order valence-corrected chi connectivity index (χ0v) is 18.5. The molecule has 1 aliphatic rings. The lowest BCUT2D eigenvalue weighted by Crippen LogP contribution is -2.40. The topological polar surface area (TPSA) is 96.8 Å². The lowest BCUT2D eigenvalue weighted by Gasteiger charge is -2.33. The Bertz CT molecular complexity index is 787. The minimum absolute atomic E-state index is 0.0700. The maximum Gasteiger partial charge on any atom is 0.337 e. The molecule has 0 saturated carbocycles. The first kappa shape index (κ1) is 23.6. The number of hydrogen-bond acceptors (Lipinski definition) is 6. The molecule has 2 rings (SSSR count). The number of piperidine rings is 1. The Morgan fingerprint density at radius 2 is 1.63 bits per heavy atom. The first-order valence-corrected chi connectivity index (χ1v) is 10.3. The second kappa shape index (κ2) is 9.87. The second-order valence-corrected chi connectivity index (χ2v) is 8.80. The standard InChI is InChI=1S/C23H32N2O5/c1-15(21(27)30-23(2,3)4)14-19(24)16-10-12-25(13-11-16)20(26)17-6-8-18(9-7-17)22(28)29-5/h6-9,15-16,24H,10-14H2,1-5H3/t15-/m1/s1. The van der Waals surface area contributed by atoms with Crippen LogP contribution < -0.4 is 0 Å². The van der Waals surface area contributed by atoms with Gasteiger partial charge in [0.05, 0.1) is 18.6 Å². The predicted molar refractivity (Wildman–Crippen MR) is 114 cm³/mol. The van der Waals surface area contributed by atoms with Crippen molar-refractivity contribution in [2.45, 2.75) is 52.6 Å². The first-order valence-electron chi connectivity index (χ1n) is 10.3. The lowest BCUT2D eigenvalue weighted by atomic mass is 9.87. The van der Waals surface area contributed by atoms with Gasteiger partial charge in [-0.3, -0.25) is 9.59 Å². The quantitative estimate of drug-likeness (QED) is 0.563. The molecule has 0 spiro atoms. The molecule has 0 bridgehead atoms. The van der Waals surface area contributed by atoms with Crippen LogP contribution >= 0.6 is 0 Å². The second-order valence-electron chi connectivity index (χ2n) is 8.80. The van der Waals surface area contributed by atoms with Crippen molar-refractivity contribution < 1.29 is 23.9 Å². The number of nitrogens with zero attached hydrogens (tertiary/aromatic N) is 1. The summed E-state index contributed by atoms with van der Waals surface area (Å²) in [6.07, 6.45) is 1.78. The average Bonchev–Trinajstić information content (AvgIpc) is 2.71. The van der Waals surface area contributed by atoms with Gasteiger partial charge in [0.25, 0.3) is 5.91 Å². The monoisotopic (exact) mass is 416 g/mol. The van der Waals surface area contributed by atoms with Crippen molar-refractivity contribution in [3.8, 4) is 0 Å². The number of nitrogens with one attached hydrogen (secondary N) is 1. The van der Waals surface area contributed by atoms with E-state index in [2.05, 4.69) is 4.74 Å². The summed E-state index contributed by atoms with van der Waals surface area (Å²) in [5.41, 5.74) is 0.937. The highest BCUT2D eigenvalue weighted by atomic mass is 16.6. The van der Waals surface area contributed by atoms with E-state index in [9.17, 15) is 14.4 Å². The number of carbonyl (C=O) groups excluding carboxylic acids is 3. The van der Waals surface area contributed by atoms with Crippen molar-refractivity contribution in [2.24, 2.45) is 11.8 Å².